The summed E-state index contributed by atoms with van der Waals surface area (Å²) < 4.78 is 5.40. The number of allylic oxidation sites excluding steroid dienone is 4. The van der Waals surface area contributed by atoms with Gasteiger partial charge in [-0.05, 0) is 37.2 Å². The van der Waals surface area contributed by atoms with Crippen LogP contribution in [-0.2, 0) is 0 Å². The molecule has 1 heterocycles. The average molecular weight is 297 g/mol. The molecule has 1 atom stereocenters. The molecule has 116 valence electrons. The first-order valence-corrected chi connectivity index (χ1v) is 7.36. The third-order valence-corrected chi connectivity index (χ3v) is 3.84. The van der Waals surface area contributed by atoms with Gasteiger partial charge in [0.05, 0.1) is 13.3 Å². The molecule has 1 unspecified atom stereocenters. The molecule has 0 spiro atoms. The Morgan fingerprint density at radius 1 is 1.45 bits per heavy atom. The SMILES string of the molecule is C=C/C=C(\C=C)C(CCNC)c1ccc(OC)c2[nH]ncc12. The van der Waals surface area contributed by atoms with Crippen LogP contribution in [0, 0.1) is 0 Å². The fourth-order valence-corrected chi connectivity index (χ4v) is 2.76. The third-order valence-electron chi connectivity index (χ3n) is 3.84. The molecule has 2 N–H and O–H groups in total. The lowest BCUT2D eigenvalue weighted by molar-refractivity contribution is 0.418. The molecule has 2 rings (SSSR count). The zero-order chi connectivity index (χ0) is 15.9. The van der Waals surface area contributed by atoms with Crippen molar-refractivity contribution in [3.05, 3.63) is 60.9 Å². The maximum absolute atomic E-state index is 5.40. The highest BCUT2D eigenvalue weighted by Gasteiger charge is 2.19. The fourth-order valence-electron chi connectivity index (χ4n) is 2.76. The minimum absolute atomic E-state index is 0.231. The van der Waals surface area contributed by atoms with E-state index in [1.807, 2.05) is 31.5 Å². The van der Waals surface area contributed by atoms with E-state index in [1.165, 1.54) is 5.56 Å². The van der Waals surface area contributed by atoms with Gasteiger partial charge in [-0.1, -0.05) is 37.5 Å². The number of benzene rings is 1. The van der Waals surface area contributed by atoms with Crippen molar-refractivity contribution in [2.45, 2.75) is 12.3 Å². The summed E-state index contributed by atoms with van der Waals surface area (Å²) in [5.74, 6) is 1.03. The van der Waals surface area contributed by atoms with Gasteiger partial charge in [-0.2, -0.15) is 5.10 Å². The van der Waals surface area contributed by atoms with Gasteiger partial charge >= 0.3 is 0 Å². The van der Waals surface area contributed by atoms with Crippen LogP contribution >= 0.6 is 0 Å². The summed E-state index contributed by atoms with van der Waals surface area (Å²) in [6.07, 6.45) is 8.55. The van der Waals surface area contributed by atoms with E-state index < -0.39 is 0 Å². The number of fused-ring (bicyclic) bond motifs is 1. The van der Waals surface area contributed by atoms with Crippen LogP contribution in [0.3, 0.4) is 0 Å². The molecule has 0 fully saturated rings. The van der Waals surface area contributed by atoms with E-state index in [1.54, 1.807) is 13.2 Å². The fraction of sp³-hybridized carbons (Fsp3) is 0.278. The summed E-state index contributed by atoms with van der Waals surface area (Å²) >= 11 is 0. The minimum atomic E-state index is 0.231. The summed E-state index contributed by atoms with van der Waals surface area (Å²) in [6.45, 7) is 8.67. The number of H-pyrrole nitrogens is 1. The lowest BCUT2D eigenvalue weighted by Gasteiger charge is -2.20. The molecule has 2 aromatic rings. The number of aromatic nitrogens is 2. The Hall–Kier alpha value is -2.33. The molecule has 0 aliphatic heterocycles. The Bertz CT molecular complexity index is 685. The molecule has 4 heteroatoms. The number of aromatic amines is 1. The lowest BCUT2D eigenvalue weighted by atomic mass is 9.86. The molecule has 0 amide bonds. The van der Waals surface area contributed by atoms with Crippen molar-refractivity contribution in [3.63, 3.8) is 0 Å². The zero-order valence-corrected chi connectivity index (χ0v) is 13.2. The van der Waals surface area contributed by atoms with Gasteiger partial charge in [-0.25, -0.2) is 0 Å². The Kier molecular flexibility index (Phi) is 5.55. The van der Waals surface area contributed by atoms with Crippen LogP contribution in [0.15, 0.2) is 55.3 Å². The number of rotatable bonds is 8. The minimum Gasteiger partial charge on any atom is -0.494 e. The van der Waals surface area contributed by atoms with Crippen LogP contribution in [-0.4, -0.2) is 30.9 Å². The van der Waals surface area contributed by atoms with Crippen LogP contribution in [0.25, 0.3) is 10.9 Å². The lowest BCUT2D eigenvalue weighted by Crippen LogP contribution is -2.13. The van der Waals surface area contributed by atoms with Crippen LogP contribution in [0.4, 0.5) is 0 Å². The average Bonchev–Trinajstić information content (AvgIpc) is 3.03. The number of hydrogen-bond donors (Lipinski definition) is 2. The van der Waals surface area contributed by atoms with Crippen molar-refractivity contribution in [1.29, 1.82) is 0 Å². The zero-order valence-electron chi connectivity index (χ0n) is 13.2. The Morgan fingerprint density at radius 2 is 2.27 bits per heavy atom. The van der Waals surface area contributed by atoms with E-state index in [0.29, 0.717) is 0 Å². The van der Waals surface area contributed by atoms with Crippen LogP contribution < -0.4 is 10.1 Å². The van der Waals surface area contributed by atoms with Gasteiger partial charge in [0, 0.05) is 11.3 Å². The highest BCUT2D eigenvalue weighted by Crippen LogP contribution is 2.36. The first kappa shape index (κ1) is 16.0. The van der Waals surface area contributed by atoms with Gasteiger partial charge in [0.1, 0.15) is 11.3 Å². The van der Waals surface area contributed by atoms with Crippen molar-refractivity contribution in [2.75, 3.05) is 20.7 Å². The molecule has 0 saturated heterocycles. The molecule has 0 radical (unpaired) electrons. The second kappa shape index (κ2) is 7.61. The molecule has 1 aromatic heterocycles. The van der Waals surface area contributed by atoms with Crippen molar-refractivity contribution in [1.82, 2.24) is 15.5 Å². The summed E-state index contributed by atoms with van der Waals surface area (Å²) in [7, 11) is 3.63. The number of methoxy groups -OCH3 is 1. The summed E-state index contributed by atoms with van der Waals surface area (Å²) in [4.78, 5) is 0. The van der Waals surface area contributed by atoms with E-state index in [9.17, 15) is 0 Å². The number of ether oxygens (including phenoxy) is 1. The number of nitrogens with zero attached hydrogens (tertiary/aromatic N) is 1. The van der Waals surface area contributed by atoms with Crippen LogP contribution in [0.1, 0.15) is 17.9 Å². The molecule has 0 saturated carbocycles. The van der Waals surface area contributed by atoms with E-state index in [0.717, 1.165) is 35.2 Å². The Balaban J connectivity index is 2.56. The monoisotopic (exact) mass is 297 g/mol. The van der Waals surface area contributed by atoms with E-state index in [2.05, 4.69) is 34.7 Å². The first-order chi connectivity index (χ1) is 10.8. The highest BCUT2D eigenvalue weighted by atomic mass is 16.5. The van der Waals surface area contributed by atoms with E-state index in [4.69, 9.17) is 4.74 Å². The maximum Gasteiger partial charge on any atom is 0.144 e. The molecule has 1 aromatic carbocycles. The second-order valence-corrected chi connectivity index (χ2v) is 5.07. The Labute approximate surface area is 131 Å². The van der Waals surface area contributed by atoms with Crippen LogP contribution in [0.5, 0.6) is 5.75 Å². The smallest absolute Gasteiger partial charge is 0.144 e. The number of nitrogens with one attached hydrogen (secondary N) is 2. The largest absolute Gasteiger partial charge is 0.494 e. The Morgan fingerprint density at radius 3 is 2.91 bits per heavy atom. The molecular formula is C18H23N3O. The maximum atomic E-state index is 5.40. The number of hydrogen-bond acceptors (Lipinski definition) is 3. The normalized spacial score (nSPS) is 13.1. The molecule has 22 heavy (non-hydrogen) atoms. The summed E-state index contributed by atoms with van der Waals surface area (Å²) in [6, 6.07) is 4.09. The van der Waals surface area contributed by atoms with E-state index >= 15 is 0 Å². The second-order valence-electron chi connectivity index (χ2n) is 5.07. The van der Waals surface area contributed by atoms with Crippen molar-refractivity contribution < 1.29 is 4.74 Å². The predicted molar refractivity (Wildman–Crippen MR) is 92.4 cm³/mol. The van der Waals surface area contributed by atoms with Crippen molar-refractivity contribution in [2.24, 2.45) is 0 Å². The van der Waals surface area contributed by atoms with Gasteiger partial charge in [-0.15, -0.1) is 0 Å². The predicted octanol–water partition coefficient (Wildman–Crippen LogP) is 3.56. The van der Waals surface area contributed by atoms with Gasteiger partial charge in [0.25, 0.3) is 0 Å². The molecular weight excluding hydrogens is 274 g/mol. The standard InChI is InChI=1S/C18H23N3O/c1-5-7-13(6-2)14(10-11-19-3)15-8-9-17(22-4)18-16(15)12-20-21-18/h5-9,12,14,19H,1-2,10-11H2,3-4H3,(H,20,21)/b13-7+. The molecule has 0 aliphatic rings. The van der Waals surface area contributed by atoms with Gasteiger partial charge in [0.15, 0.2) is 0 Å². The first-order valence-electron chi connectivity index (χ1n) is 7.36. The van der Waals surface area contributed by atoms with Crippen LogP contribution in [0.2, 0.25) is 0 Å². The van der Waals surface area contributed by atoms with Gasteiger partial charge in [0.2, 0.25) is 0 Å². The third kappa shape index (κ3) is 3.12. The summed E-state index contributed by atoms with van der Waals surface area (Å²) in [5, 5.41) is 11.5. The van der Waals surface area contributed by atoms with Gasteiger partial charge in [-0.3, -0.25) is 5.10 Å². The van der Waals surface area contributed by atoms with Crippen molar-refractivity contribution >= 4 is 10.9 Å². The summed E-state index contributed by atoms with van der Waals surface area (Å²) in [5.41, 5.74) is 3.29. The highest BCUT2D eigenvalue weighted by molar-refractivity contribution is 5.88. The van der Waals surface area contributed by atoms with Gasteiger partial charge < -0.3 is 10.1 Å². The van der Waals surface area contributed by atoms with Crippen molar-refractivity contribution in [3.8, 4) is 5.75 Å². The molecule has 4 nitrogen and oxygen atoms in total. The quantitative estimate of drug-likeness (QED) is 0.732. The molecule has 0 aliphatic carbocycles. The topological polar surface area (TPSA) is 49.9 Å². The van der Waals surface area contributed by atoms with E-state index in [-0.39, 0.29) is 5.92 Å². The molecule has 0 bridgehead atoms.